The summed E-state index contributed by atoms with van der Waals surface area (Å²) >= 11 is 0. The van der Waals surface area contributed by atoms with E-state index in [9.17, 15) is 13.2 Å². The average Bonchev–Trinajstić information content (AvgIpc) is 3.38. The summed E-state index contributed by atoms with van der Waals surface area (Å²) < 4.78 is 41.2. The molecule has 1 aliphatic heterocycles. The Labute approximate surface area is 157 Å². The Balaban J connectivity index is 0.000000279. The van der Waals surface area contributed by atoms with Gasteiger partial charge in [0.05, 0.1) is 37.8 Å². The molecule has 9 nitrogen and oxygen atoms in total. The number of carbonyl (C=O) groups is 1. The molecule has 150 valence electrons. The molecule has 0 radical (unpaired) electrons. The van der Waals surface area contributed by atoms with Gasteiger partial charge in [0.15, 0.2) is 0 Å². The number of aromatic nitrogens is 5. The van der Waals surface area contributed by atoms with Gasteiger partial charge in [-0.25, -0.2) is 19.4 Å². The van der Waals surface area contributed by atoms with Gasteiger partial charge in [0.1, 0.15) is 24.2 Å². The topological polar surface area (TPSA) is 102 Å². The van der Waals surface area contributed by atoms with E-state index in [0.717, 1.165) is 37.8 Å². The summed E-state index contributed by atoms with van der Waals surface area (Å²) in [5.41, 5.74) is 1.17. The van der Waals surface area contributed by atoms with Crippen LogP contribution < -0.4 is 0 Å². The van der Waals surface area contributed by atoms with E-state index in [1.165, 1.54) is 5.69 Å². The van der Waals surface area contributed by atoms with Crippen LogP contribution in [0, 0.1) is 0 Å². The van der Waals surface area contributed by atoms with Gasteiger partial charge in [-0.15, -0.1) is 0 Å². The van der Waals surface area contributed by atoms with Crippen molar-refractivity contribution in [2.45, 2.75) is 32.4 Å². The van der Waals surface area contributed by atoms with Crippen LogP contribution in [0.5, 0.6) is 0 Å². The molecule has 0 atom stereocenters. The number of carboxylic acid groups (broad SMARTS) is 1. The number of hydrogen-bond acceptors (Lipinski definition) is 6. The lowest BCUT2D eigenvalue weighted by Gasteiger charge is -2.27. The Hall–Kier alpha value is -3.15. The van der Waals surface area contributed by atoms with Crippen LogP contribution in [0.1, 0.15) is 17.3 Å². The fraction of sp³-hybridized carbons (Fsp3) is 0.375. The monoisotopic (exact) mass is 398 g/mol. The number of fused-ring (bicyclic) bond motifs is 1. The second kappa shape index (κ2) is 8.25. The Kier molecular flexibility index (Phi) is 5.78. The lowest BCUT2D eigenvalue weighted by atomic mass is 10.3. The molecule has 3 aromatic heterocycles. The molecule has 1 N–H and O–H groups in total. The molecule has 0 bridgehead atoms. The number of carboxylic acids is 1. The van der Waals surface area contributed by atoms with E-state index in [1.807, 2.05) is 23.0 Å². The van der Waals surface area contributed by atoms with E-state index in [1.54, 1.807) is 18.9 Å². The fourth-order valence-electron chi connectivity index (χ4n) is 2.74. The minimum atomic E-state index is -5.08. The summed E-state index contributed by atoms with van der Waals surface area (Å²) in [7, 11) is 0. The van der Waals surface area contributed by atoms with Crippen LogP contribution in [0.15, 0.2) is 41.7 Å². The zero-order valence-electron chi connectivity index (χ0n) is 14.6. The van der Waals surface area contributed by atoms with E-state index in [-0.39, 0.29) is 0 Å². The van der Waals surface area contributed by atoms with Crippen LogP contribution in [0.2, 0.25) is 0 Å². The van der Waals surface area contributed by atoms with Crippen LogP contribution >= 0.6 is 0 Å². The second-order valence-corrected chi connectivity index (χ2v) is 6.00. The van der Waals surface area contributed by atoms with Crippen LogP contribution in [0.25, 0.3) is 0 Å². The van der Waals surface area contributed by atoms with Crippen LogP contribution in [0.3, 0.4) is 0 Å². The van der Waals surface area contributed by atoms with Crippen molar-refractivity contribution in [3.05, 3.63) is 54.5 Å². The third-order valence-corrected chi connectivity index (χ3v) is 4.02. The van der Waals surface area contributed by atoms with Gasteiger partial charge in [0, 0.05) is 13.1 Å². The first-order valence-corrected chi connectivity index (χ1v) is 8.23. The molecule has 0 amide bonds. The maximum Gasteiger partial charge on any atom is 0.490 e. The summed E-state index contributed by atoms with van der Waals surface area (Å²) in [5, 5.41) is 11.3. The van der Waals surface area contributed by atoms with Gasteiger partial charge in [-0.2, -0.15) is 18.3 Å². The van der Waals surface area contributed by atoms with Crippen molar-refractivity contribution >= 4 is 5.97 Å². The van der Waals surface area contributed by atoms with Crippen molar-refractivity contribution in [2.75, 3.05) is 6.54 Å². The number of furan rings is 1. The predicted octanol–water partition coefficient (Wildman–Crippen LogP) is 1.77. The van der Waals surface area contributed by atoms with Crippen molar-refractivity contribution in [1.29, 1.82) is 0 Å². The van der Waals surface area contributed by atoms with E-state index in [2.05, 4.69) is 24.5 Å². The van der Waals surface area contributed by atoms with E-state index >= 15 is 0 Å². The van der Waals surface area contributed by atoms with Crippen LogP contribution in [-0.4, -0.2) is 53.0 Å². The number of aliphatic carboxylic acids is 1. The van der Waals surface area contributed by atoms with Gasteiger partial charge in [-0.3, -0.25) is 4.90 Å². The third kappa shape index (κ3) is 4.97. The molecule has 1 aliphatic rings. The average molecular weight is 398 g/mol. The number of imidazole rings is 1. The van der Waals surface area contributed by atoms with Gasteiger partial charge in [0.25, 0.3) is 0 Å². The van der Waals surface area contributed by atoms with Crippen molar-refractivity contribution < 1.29 is 27.5 Å². The van der Waals surface area contributed by atoms with Gasteiger partial charge < -0.3 is 14.1 Å². The summed E-state index contributed by atoms with van der Waals surface area (Å²) in [6.07, 6.45) is 1.86. The molecule has 0 spiro atoms. The van der Waals surface area contributed by atoms with E-state index in [4.69, 9.17) is 14.3 Å². The summed E-state index contributed by atoms with van der Waals surface area (Å²) in [6.45, 7) is 4.33. The molecule has 0 fully saturated rings. The zero-order valence-corrected chi connectivity index (χ0v) is 14.6. The molecule has 0 saturated carbocycles. The summed E-state index contributed by atoms with van der Waals surface area (Å²) in [4.78, 5) is 19.8. The Morgan fingerprint density at radius 1 is 1.29 bits per heavy atom. The minimum absolute atomic E-state index is 0.713. The van der Waals surface area contributed by atoms with Gasteiger partial charge in [-0.05, 0) is 12.1 Å². The maximum atomic E-state index is 10.6. The normalized spacial score (nSPS) is 14.2. The summed E-state index contributed by atoms with van der Waals surface area (Å²) in [5.74, 6) is -0.659. The number of alkyl halides is 3. The molecule has 4 rings (SSSR count). The quantitative estimate of drug-likeness (QED) is 0.715. The van der Waals surface area contributed by atoms with Gasteiger partial charge >= 0.3 is 12.1 Å². The highest BCUT2D eigenvalue weighted by molar-refractivity contribution is 5.73. The molecule has 0 saturated heterocycles. The highest BCUT2D eigenvalue weighted by Crippen LogP contribution is 2.17. The smallest absolute Gasteiger partial charge is 0.475 e. The van der Waals surface area contributed by atoms with Crippen molar-refractivity contribution in [1.82, 2.24) is 29.2 Å². The number of halogens is 3. The molecule has 4 heterocycles. The van der Waals surface area contributed by atoms with Crippen molar-refractivity contribution in [3.63, 3.8) is 0 Å². The first kappa shape index (κ1) is 19.6. The van der Waals surface area contributed by atoms with Gasteiger partial charge in [0.2, 0.25) is 0 Å². The maximum absolute atomic E-state index is 10.6. The Bertz CT molecular complexity index is 890. The predicted molar refractivity (Wildman–Crippen MR) is 87.9 cm³/mol. The second-order valence-electron chi connectivity index (χ2n) is 6.00. The standard InChI is InChI=1S/C14H16N6O.C2HF3O2/c1-2-13(21-5-1)8-18-3-4-20-12(6-16-14(20)9-18)7-19-11-15-10-17-19;3-2(4,5)1(6)7/h1-2,5-6,10-11H,3-4,7-9H2;(H,6,7). The highest BCUT2D eigenvalue weighted by Gasteiger charge is 2.38. The lowest BCUT2D eigenvalue weighted by molar-refractivity contribution is -0.192. The molecule has 12 heteroatoms. The summed E-state index contributed by atoms with van der Waals surface area (Å²) in [6, 6.07) is 3.94. The lowest BCUT2D eigenvalue weighted by Crippen LogP contribution is -2.34. The van der Waals surface area contributed by atoms with Crippen molar-refractivity contribution in [3.8, 4) is 0 Å². The Morgan fingerprint density at radius 3 is 2.68 bits per heavy atom. The number of hydrogen-bond donors (Lipinski definition) is 1. The van der Waals surface area contributed by atoms with Crippen LogP contribution in [-0.2, 0) is 31.0 Å². The van der Waals surface area contributed by atoms with E-state index in [0.29, 0.717) is 6.54 Å². The third-order valence-electron chi connectivity index (χ3n) is 4.02. The highest BCUT2D eigenvalue weighted by atomic mass is 19.4. The SMILES string of the molecule is O=C(O)C(F)(F)F.c1coc(CN2CCn3c(Cn4cncn4)cnc3C2)c1. The molecule has 28 heavy (non-hydrogen) atoms. The minimum Gasteiger partial charge on any atom is -0.475 e. The molecular formula is C16H17F3N6O3. The molecular weight excluding hydrogens is 381 g/mol. The number of rotatable bonds is 4. The van der Waals surface area contributed by atoms with Gasteiger partial charge in [-0.1, -0.05) is 0 Å². The zero-order chi connectivity index (χ0) is 20.1. The number of nitrogens with zero attached hydrogens (tertiary/aromatic N) is 6. The largest absolute Gasteiger partial charge is 0.490 e. The first-order chi connectivity index (χ1) is 13.3. The first-order valence-electron chi connectivity index (χ1n) is 8.23. The van der Waals surface area contributed by atoms with Crippen LogP contribution in [0.4, 0.5) is 13.2 Å². The van der Waals surface area contributed by atoms with Crippen molar-refractivity contribution in [2.24, 2.45) is 0 Å². The molecule has 0 unspecified atom stereocenters. The molecule has 0 aliphatic carbocycles. The molecule has 3 aromatic rings. The Morgan fingerprint density at radius 2 is 2.07 bits per heavy atom. The molecule has 0 aromatic carbocycles. The fourth-order valence-corrected chi connectivity index (χ4v) is 2.74. The van der Waals surface area contributed by atoms with E-state index < -0.39 is 12.1 Å².